The zero-order valence-corrected chi connectivity index (χ0v) is 23.6. The summed E-state index contributed by atoms with van der Waals surface area (Å²) in [4.78, 5) is 26.9. The molecule has 3 aromatic rings. The van der Waals surface area contributed by atoms with Gasteiger partial charge in [-0.05, 0) is 67.5 Å². The first-order valence-electron chi connectivity index (χ1n) is 12.5. The largest absolute Gasteiger partial charge is 0.490 e. The predicted octanol–water partition coefficient (Wildman–Crippen LogP) is 6.07. The minimum absolute atomic E-state index is 0.0564. The van der Waals surface area contributed by atoms with Crippen molar-refractivity contribution in [1.82, 2.24) is 14.3 Å². The van der Waals surface area contributed by atoms with Gasteiger partial charge in [0.05, 0.1) is 17.0 Å². The summed E-state index contributed by atoms with van der Waals surface area (Å²) < 4.78 is 42.1. The van der Waals surface area contributed by atoms with Gasteiger partial charge in [-0.3, -0.25) is 4.79 Å². The average Bonchev–Trinajstić information content (AvgIpc) is 3.33. The Morgan fingerprint density at radius 1 is 1.20 bits per heavy atom. The summed E-state index contributed by atoms with van der Waals surface area (Å²) in [5.74, 6) is -2.29. The van der Waals surface area contributed by atoms with E-state index in [1.165, 1.54) is 22.7 Å². The van der Waals surface area contributed by atoms with Crippen LogP contribution in [0.25, 0.3) is 22.0 Å². The smallest absolute Gasteiger partial charge is 0.489 e. The monoisotopic (exact) mass is 599 g/mol. The van der Waals surface area contributed by atoms with Gasteiger partial charge in [0, 0.05) is 30.8 Å². The molecule has 0 bridgehead atoms. The van der Waals surface area contributed by atoms with Crippen LogP contribution in [0.1, 0.15) is 31.9 Å². The molecular formula is C27H29ClF3N3O5S. The van der Waals surface area contributed by atoms with E-state index in [0.717, 1.165) is 41.3 Å². The Hall–Kier alpha value is -3.22. The lowest BCUT2D eigenvalue weighted by molar-refractivity contribution is -0.192. The second-order valence-corrected chi connectivity index (χ2v) is 10.5. The molecule has 0 spiro atoms. The van der Waals surface area contributed by atoms with Crippen molar-refractivity contribution in [2.45, 2.75) is 45.9 Å². The minimum Gasteiger partial charge on any atom is -0.489 e. The number of hydrogen-bond donors (Lipinski definition) is 2. The van der Waals surface area contributed by atoms with Crippen molar-refractivity contribution in [2.75, 3.05) is 19.6 Å². The lowest BCUT2D eigenvalue weighted by Crippen LogP contribution is -2.50. The van der Waals surface area contributed by atoms with Crippen LogP contribution in [0.5, 0.6) is 5.75 Å². The fraction of sp³-hybridized carbons (Fsp3) is 0.407. The van der Waals surface area contributed by atoms with E-state index >= 15 is 0 Å². The topological polar surface area (TPSA) is 113 Å². The van der Waals surface area contributed by atoms with E-state index < -0.39 is 18.1 Å². The first-order chi connectivity index (χ1) is 18.8. The van der Waals surface area contributed by atoms with E-state index in [1.54, 1.807) is 0 Å². The van der Waals surface area contributed by atoms with Crippen molar-refractivity contribution in [3.63, 3.8) is 0 Å². The van der Waals surface area contributed by atoms with Gasteiger partial charge < -0.3 is 19.8 Å². The molecule has 0 amide bonds. The lowest BCUT2D eigenvalue weighted by atomic mass is 9.94. The number of aliphatic carboxylic acids is 2. The highest BCUT2D eigenvalue weighted by Crippen LogP contribution is 2.34. The highest BCUT2D eigenvalue weighted by atomic mass is 35.5. The first kappa shape index (κ1) is 31.3. The molecular weight excluding hydrogens is 571 g/mol. The van der Waals surface area contributed by atoms with Crippen LogP contribution in [-0.2, 0) is 22.4 Å². The fourth-order valence-electron chi connectivity index (χ4n) is 4.12. The number of hydrogen-bond acceptors (Lipinski definition) is 7. The van der Waals surface area contributed by atoms with E-state index in [2.05, 4.69) is 34.4 Å². The van der Waals surface area contributed by atoms with Crippen molar-refractivity contribution in [3.05, 3.63) is 52.5 Å². The Bertz CT molecular complexity index is 1340. The number of halogens is 4. The quantitative estimate of drug-likeness (QED) is 0.305. The van der Waals surface area contributed by atoms with Gasteiger partial charge in [-0.1, -0.05) is 36.7 Å². The molecule has 2 heterocycles. The number of alkyl halides is 3. The van der Waals surface area contributed by atoms with Crippen LogP contribution in [0.2, 0.25) is 5.02 Å². The van der Waals surface area contributed by atoms with Gasteiger partial charge in [0.15, 0.2) is 5.82 Å². The van der Waals surface area contributed by atoms with Crippen molar-refractivity contribution >= 4 is 35.1 Å². The van der Waals surface area contributed by atoms with Crippen LogP contribution in [0, 0.1) is 5.92 Å². The van der Waals surface area contributed by atoms with Crippen LogP contribution in [0.4, 0.5) is 13.2 Å². The molecule has 2 N–H and O–H groups in total. The lowest BCUT2D eigenvalue weighted by Gasteiger charge is -2.36. The molecule has 1 saturated heterocycles. The molecule has 8 nitrogen and oxygen atoms in total. The summed E-state index contributed by atoms with van der Waals surface area (Å²) in [6.07, 6.45) is -3.26. The van der Waals surface area contributed by atoms with Gasteiger partial charge in [0.2, 0.25) is 0 Å². The zero-order valence-electron chi connectivity index (χ0n) is 22.0. The Morgan fingerprint density at radius 2 is 1.88 bits per heavy atom. The van der Waals surface area contributed by atoms with E-state index in [9.17, 15) is 18.0 Å². The summed E-state index contributed by atoms with van der Waals surface area (Å²) in [6.45, 7) is 8.22. The van der Waals surface area contributed by atoms with Gasteiger partial charge in [-0.25, -0.2) is 9.78 Å². The van der Waals surface area contributed by atoms with E-state index in [1.807, 2.05) is 32.0 Å². The number of nitrogens with zero attached hydrogens (tertiary/aromatic N) is 3. The molecule has 2 aromatic carbocycles. The number of benzene rings is 2. The van der Waals surface area contributed by atoms with Crippen molar-refractivity contribution < 1.29 is 37.7 Å². The SMILES string of the molecule is CCc1c(CCN2CC(C(=O)O)C2)cccc1-c1nsc(-c2ccc(OC(C)C)c(Cl)c2)n1.O=C(O)C(F)(F)F. The number of aromatic nitrogens is 2. The predicted molar refractivity (Wildman–Crippen MR) is 146 cm³/mol. The second-order valence-electron chi connectivity index (χ2n) is 9.38. The first-order valence-corrected chi connectivity index (χ1v) is 13.6. The summed E-state index contributed by atoms with van der Waals surface area (Å²) in [7, 11) is 0. The highest BCUT2D eigenvalue weighted by molar-refractivity contribution is 7.09. The average molecular weight is 600 g/mol. The molecule has 0 unspecified atom stereocenters. The summed E-state index contributed by atoms with van der Waals surface area (Å²) in [6, 6.07) is 12.0. The zero-order chi connectivity index (χ0) is 29.6. The molecule has 1 fully saturated rings. The number of likely N-dealkylation sites (tertiary alicyclic amines) is 1. The molecule has 216 valence electrons. The maximum atomic E-state index is 11.0. The van der Waals surface area contributed by atoms with E-state index in [0.29, 0.717) is 23.9 Å². The molecule has 40 heavy (non-hydrogen) atoms. The summed E-state index contributed by atoms with van der Waals surface area (Å²) >= 11 is 7.77. The van der Waals surface area contributed by atoms with Gasteiger partial charge in [-0.2, -0.15) is 17.5 Å². The summed E-state index contributed by atoms with van der Waals surface area (Å²) in [5.41, 5.74) is 4.48. The maximum Gasteiger partial charge on any atom is 0.490 e. The van der Waals surface area contributed by atoms with E-state index in [-0.39, 0.29) is 12.0 Å². The summed E-state index contributed by atoms with van der Waals surface area (Å²) in [5, 5.41) is 17.6. The standard InChI is InChI=1S/C25H28ClN3O3S.C2HF3O2/c1-4-19-16(10-11-29-13-18(14-29)25(30)31)6-5-7-20(19)23-27-24(33-28-23)17-8-9-22(21(26)12-17)32-15(2)3;3-2(4,5)1(6)7/h5-9,12,15,18H,4,10-11,13-14H2,1-3H3,(H,30,31);(H,6,7). The Labute approximate surface area is 238 Å². The molecule has 1 aromatic heterocycles. The molecule has 1 aliphatic rings. The van der Waals surface area contributed by atoms with Gasteiger partial charge in [0.1, 0.15) is 10.8 Å². The third kappa shape index (κ3) is 8.15. The minimum atomic E-state index is -5.08. The Morgan fingerprint density at radius 3 is 2.42 bits per heavy atom. The number of carboxylic acids is 2. The van der Waals surface area contributed by atoms with Gasteiger partial charge in [-0.15, -0.1) is 0 Å². The number of carbonyl (C=O) groups is 2. The van der Waals surface area contributed by atoms with Gasteiger partial charge >= 0.3 is 18.1 Å². The fourth-order valence-corrected chi connectivity index (χ4v) is 5.01. The Kier molecular flexibility index (Phi) is 10.5. The second kappa shape index (κ2) is 13.4. The van der Waals surface area contributed by atoms with Crippen molar-refractivity contribution in [2.24, 2.45) is 5.92 Å². The third-order valence-corrected chi connectivity index (χ3v) is 7.14. The number of ether oxygens (including phenoxy) is 1. The molecule has 0 radical (unpaired) electrons. The van der Waals surface area contributed by atoms with Crippen LogP contribution in [-0.4, -0.2) is 68.3 Å². The maximum absolute atomic E-state index is 11.0. The van der Waals surface area contributed by atoms with Crippen LogP contribution >= 0.6 is 23.1 Å². The van der Waals surface area contributed by atoms with Crippen molar-refractivity contribution in [1.29, 1.82) is 0 Å². The molecule has 13 heteroatoms. The molecule has 0 saturated carbocycles. The van der Waals surface area contributed by atoms with Crippen LogP contribution in [0.3, 0.4) is 0 Å². The number of carboxylic acid groups (broad SMARTS) is 2. The Balaban J connectivity index is 0.000000559. The highest BCUT2D eigenvalue weighted by Gasteiger charge is 2.38. The van der Waals surface area contributed by atoms with Crippen LogP contribution in [0.15, 0.2) is 36.4 Å². The van der Waals surface area contributed by atoms with E-state index in [4.69, 9.17) is 36.3 Å². The third-order valence-electron chi connectivity index (χ3n) is 6.08. The molecule has 1 aliphatic heterocycles. The normalized spacial score (nSPS) is 13.9. The van der Waals surface area contributed by atoms with Gasteiger partial charge in [0.25, 0.3) is 0 Å². The molecule has 4 rings (SSSR count). The molecule has 0 atom stereocenters. The number of rotatable bonds is 9. The molecule has 0 aliphatic carbocycles. The van der Waals surface area contributed by atoms with Crippen LogP contribution < -0.4 is 4.74 Å². The van der Waals surface area contributed by atoms with Crippen molar-refractivity contribution in [3.8, 4) is 27.7 Å².